The summed E-state index contributed by atoms with van der Waals surface area (Å²) in [6.07, 6.45) is 0.985. The zero-order valence-electron chi connectivity index (χ0n) is 9.08. The standard InChI is InChI=1S/C10H17BO3/c1-6-4-10(5-12-2)8(13-3)7(6)9(11)14-10/h7-9H,1,4-5,11H2,2-3H3/t7-,8?,9-,10+/m1/s1. The SMILES string of the molecule is B[C@@H]1O[C@]2(COC)CC(=C)[C@@H]1C2OC. The Morgan fingerprint density at radius 3 is 2.86 bits per heavy atom. The summed E-state index contributed by atoms with van der Waals surface area (Å²) < 4.78 is 16.7. The topological polar surface area (TPSA) is 27.7 Å². The van der Waals surface area contributed by atoms with E-state index in [1.165, 1.54) is 5.57 Å². The first-order valence-corrected chi connectivity index (χ1v) is 5.02. The molecule has 0 spiro atoms. The van der Waals surface area contributed by atoms with Crippen LogP contribution >= 0.6 is 0 Å². The lowest BCUT2D eigenvalue weighted by molar-refractivity contribution is -0.110. The molecular weight excluding hydrogens is 179 g/mol. The van der Waals surface area contributed by atoms with E-state index in [0.29, 0.717) is 12.5 Å². The number of methoxy groups -OCH3 is 2. The van der Waals surface area contributed by atoms with Crippen LogP contribution < -0.4 is 0 Å². The molecule has 1 aliphatic heterocycles. The van der Waals surface area contributed by atoms with Gasteiger partial charge in [-0.2, -0.15) is 0 Å². The molecule has 2 aliphatic rings. The molecule has 4 heteroatoms. The van der Waals surface area contributed by atoms with Gasteiger partial charge in [-0.05, 0) is 0 Å². The second-order valence-electron chi connectivity index (χ2n) is 4.34. The van der Waals surface area contributed by atoms with Gasteiger partial charge in [-0.3, -0.25) is 0 Å². The molecule has 0 radical (unpaired) electrons. The van der Waals surface area contributed by atoms with E-state index in [1.54, 1.807) is 14.2 Å². The van der Waals surface area contributed by atoms with E-state index in [1.807, 2.05) is 0 Å². The van der Waals surface area contributed by atoms with Crippen LogP contribution in [-0.4, -0.2) is 46.4 Å². The van der Waals surface area contributed by atoms with Gasteiger partial charge in [-0.25, -0.2) is 0 Å². The molecule has 1 saturated carbocycles. The van der Waals surface area contributed by atoms with Crippen molar-refractivity contribution >= 4 is 7.85 Å². The van der Waals surface area contributed by atoms with Crippen molar-refractivity contribution in [1.82, 2.24) is 0 Å². The zero-order valence-corrected chi connectivity index (χ0v) is 9.08. The molecule has 0 aromatic carbocycles. The summed E-state index contributed by atoms with van der Waals surface area (Å²) in [6.45, 7) is 4.69. The van der Waals surface area contributed by atoms with Crippen LogP contribution in [0.3, 0.4) is 0 Å². The molecule has 4 atom stereocenters. The minimum Gasteiger partial charge on any atom is -0.382 e. The predicted octanol–water partition coefficient (Wildman–Crippen LogP) is -0.0479. The number of hydrogen-bond acceptors (Lipinski definition) is 3. The van der Waals surface area contributed by atoms with Crippen LogP contribution in [0.2, 0.25) is 0 Å². The summed E-state index contributed by atoms with van der Waals surface area (Å²) in [5.41, 5.74) is 0.970. The first-order valence-electron chi connectivity index (χ1n) is 5.02. The van der Waals surface area contributed by atoms with Crippen LogP contribution in [0.5, 0.6) is 0 Å². The Balaban J connectivity index is 2.27. The molecule has 78 valence electrons. The van der Waals surface area contributed by atoms with E-state index < -0.39 is 0 Å². The lowest BCUT2D eigenvalue weighted by atomic mass is 9.83. The monoisotopic (exact) mass is 196 g/mol. The van der Waals surface area contributed by atoms with Crippen LogP contribution in [0.15, 0.2) is 12.2 Å². The highest BCUT2D eigenvalue weighted by Crippen LogP contribution is 2.51. The van der Waals surface area contributed by atoms with Crippen molar-refractivity contribution in [3.05, 3.63) is 12.2 Å². The molecule has 1 heterocycles. The Hall–Kier alpha value is -0.315. The van der Waals surface area contributed by atoms with Gasteiger partial charge in [-0.1, -0.05) is 12.2 Å². The summed E-state index contributed by atoms with van der Waals surface area (Å²) in [5.74, 6) is 0.343. The second-order valence-corrected chi connectivity index (χ2v) is 4.34. The average Bonchev–Trinajstić information content (AvgIpc) is 2.51. The summed E-state index contributed by atoms with van der Waals surface area (Å²) in [5, 5.41) is 0. The number of fused-ring (bicyclic) bond motifs is 2. The Bertz CT molecular complexity index is 256. The molecule has 3 nitrogen and oxygen atoms in total. The van der Waals surface area contributed by atoms with Crippen LogP contribution in [0, 0.1) is 5.92 Å². The highest BCUT2D eigenvalue weighted by molar-refractivity contribution is 6.11. The molecule has 1 aliphatic carbocycles. The predicted molar refractivity (Wildman–Crippen MR) is 56.1 cm³/mol. The van der Waals surface area contributed by atoms with Gasteiger partial charge in [0.2, 0.25) is 0 Å². The normalized spacial score (nSPS) is 46.1. The lowest BCUT2D eigenvalue weighted by Gasteiger charge is -2.30. The molecule has 1 unspecified atom stereocenters. The third-order valence-electron chi connectivity index (χ3n) is 3.41. The fourth-order valence-electron chi connectivity index (χ4n) is 3.05. The quantitative estimate of drug-likeness (QED) is 0.468. The van der Waals surface area contributed by atoms with Crippen LogP contribution in [0.1, 0.15) is 6.42 Å². The summed E-state index contributed by atoms with van der Waals surface area (Å²) in [4.78, 5) is 0. The van der Waals surface area contributed by atoms with Gasteiger partial charge in [0.15, 0.2) is 0 Å². The number of rotatable bonds is 3. The van der Waals surface area contributed by atoms with E-state index in [2.05, 4.69) is 14.4 Å². The molecule has 14 heavy (non-hydrogen) atoms. The van der Waals surface area contributed by atoms with Crippen molar-refractivity contribution in [2.75, 3.05) is 20.8 Å². The van der Waals surface area contributed by atoms with Crippen molar-refractivity contribution in [3.8, 4) is 0 Å². The highest BCUT2D eigenvalue weighted by atomic mass is 16.6. The van der Waals surface area contributed by atoms with Crippen molar-refractivity contribution in [1.29, 1.82) is 0 Å². The van der Waals surface area contributed by atoms with Crippen molar-refractivity contribution in [2.24, 2.45) is 5.92 Å². The van der Waals surface area contributed by atoms with Gasteiger partial charge in [0.1, 0.15) is 13.4 Å². The number of hydrogen-bond donors (Lipinski definition) is 0. The third-order valence-corrected chi connectivity index (χ3v) is 3.41. The first-order chi connectivity index (χ1) is 6.64. The van der Waals surface area contributed by atoms with Crippen LogP contribution in [-0.2, 0) is 14.2 Å². The number of ether oxygens (including phenoxy) is 3. The van der Waals surface area contributed by atoms with E-state index in [0.717, 1.165) is 6.42 Å². The largest absolute Gasteiger partial charge is 0.382 e. The smallest absolute Gasteiger partial charge is 0.140 e. The summed E-state index contributed by atoms with van der Waals surface area (Å²) in [7, 11) is 5.52. The molecular formula is C10H17BO3. The molecule has 0 N–H and O–H groups in total. The Labute approximate surface area is 85.8 Å². The fraction of sp³-hybridized carbons (Fsp3) is 0.800. The van der Waals surface area contributed by atoms with Crippen molar-refractivity contribution in [2.45, 2.75) is 24.1 Å². The van der Waals surface area contributed by atoms with E-state index in [-0.39, 0.29) is 17.7 Å². The van der Waals surface area contributed by atoms with Gasteiger partial charge >= 0.3 is 0 Å². The Morgan fingerprint density at radius 2 is 2.36 bits per heavy atom. The van der Waals surface area contributed by atoms with Gasteiger partial charge in [0, 0.05) is 32.6 Å². The van der Waals surface area contributed by atoms with Gasteiger partial charge < -0.3 is 14.2 Å². The molecule has 1 saturated heterocycles. The first kappa shape index (κ1) is 10.2. The summed E-state index contributed by atoms with van der Waals surface area (Å²) >= 11 is 0. The van der Waals surface area contributed by atoms with Crippen LogP contribution in [0.4, 0.5) is 0 Å². The van der Waals surface area contributed by atoms with Gasteiger partial charge in [0.25, 0.3) is 0 Å². The lowest BCUT2D eigenvalue weighted by Crippen LogP contribution is -2.42. The second kappa shape index (κ2) is 3.37. The minimum atomic E-state index is -0.273. The van der Waals surface area contributed by atoms with Crippen molar-refractivity contribution < 1.29 is 14.2 Å². The molecule has 0 aromatic heterocycles. The van der Waals surface area contributed by atoms with E-state index in [4.69, 9.17) is 14.2 Å². The van der Waals surface area contributed by atoms with Gasteiger partial charge in [0.05, 0.1) is 12.7 Å². The molecule has 2 bridgehead atoms. The van der Waals surface area contributed by atoms with E-state index >= 15 is 0 Å². The van der Waals surface area contributed by atoms with Gasteiger partial charge in [-0.15, -0.1) is 0 Å². The average molecular weight is 196 g/mol. The Morgan fingerprint density at radius 1 is 1.64 bits per heavy atom. The van der Waals surface area contributed by atoms with E-state index in [9.17, 15) is 0 Å². The maximum Gasteiger partial charge on any atom is 0.140 e. The third kappa shape index (κ3) is 1.18. The Kier molecular flexibility index (Phi) is 2.45. The maximum absolute atomic E-state index is 5.95. The fourth-order valence-corrected chi connectivity index (χ4v) is 3.05. The zero-order chi connectivity index (χ0) is 10.3. The minimum absolute atomic E-state index is 0.116. The van der Waals surface area contributed by atoms with Crippen LogP contribution in [0.25, 0.3) is 0 Å². The summed E-state index contributed by atoms with van der Waals surface area (Å²) in [6, 6.07) is 0.205. The molecule has 0 amide bonds. The van der Waals surface area contributed by atoms with Crippen molar-refractivity contribution in [3.63, 3.8) is 0 Å². The molecule has 2 rings (SSSR count). The molecule has 0 aromatic rings. The molecule has 2 fully saturated rings. The maximum atomic E-state index is 5.95. The highest BCUT2D eigenvalue weighted by Gasteiger charge is 2.60.